The molecule has 5 nitrogen and oxygen atoms in total. The second-order valence-electron chi connectivity index (χ2n) is 4.04. The van der Waals surface area contributed by atoms with Gasteiger partial charge in [0.15, 0.2) is 0 Å². The molecule has 0 spiro atoms. The molecule has 0 amide bonds. The molecule has 0 saturated heterocycles. The number of hydrogen-bond acceptors (Lipinski definition) is 4. The van der Waals surface area contributed by atoms with E-state index in [1.807, 2.05) is 18.4 Å². The molecule has 0 aliphatic heterocycles. The van der Waals surface area contributed by atoms with Gasteiger partial charge in [-0.25, -0.2) is 9.78 Å². The summed E-state index contributed by atoms with van der Waals surface area (Å²) in [6.07, 6.45) is 3.27. The van der Waals surface area contributed by atoms with Gasteiger partial charge in [0.2, 0.25) is 0 Å². The number of aromatic carboxylic acids is 1. The number of aromatic nitrogens is 2. The molecule has 3 heterocycles. The second kappa shape index (κ2) is 4.40. The van der Waals surface area contributed by atoms with E-state index in [0.29, 0.717) is 0 Å². The summed E-state index contributed by atoms with van der Waals surface area (Å²) in [7, 11) is 0. The van der Waals surface area contributed by atoms with Crippen LogP contribution in [0.2, 0.25) is 0 Å². The molecule has 0 saturated carbocycles. The van der Waals surface area contributed by atoms with Crippen LogP contribution in [0.5, 0.6) is 0 Å². The van der Waals surface area contributed by atoms with Gasteiger partial charge in [0.1, 0.15) is 16.5 Å². The first-order valence-corrected chi connectivity index (χ1v) is 6.45. The van der Waals surface area contributed by atoms with Crippen LogP contribution >= 0.6 is 11.3 Å². The van der Waals surface area contributed by atoms with Crippen LogP contribution in [0, 0.1) is 6.92 Å². The van der Waals surface area contributed by atoms with Gasteiger partial charge in [-0.05, 0) is 19.1 Å². The van der Waals surface area contributed by atoms with Crippen molar-refractivity contribution in [2.75, 3.05) is 0 Å². The fourth-order valence-corrected chi connectivity index (χ4v) is 2.70. The molecule has 0 fully saturated rings. The quantitative estimate of drug-likeness (QED) is 0.767. The van der Waals surface area contributed by atoms with Gasteiger partial charge in [-0.2, -0.15) is 0 Å². The number of furan rings is 1. The molecule has 0 bridgehead atoms. The summed E-state index contributed by atoms with van der Waals surface area (Å²) in [4.78, 5) is 18.0. The summed E-state index contributed by atoms with van der Waals surface area (Å²) in [5.41, 5.74) is 2.64. The maximum Gasteiger partial charge on any atom is 0.352 e. The fraction of sp³-hybridized carbons (Fsp3) is 0.0769. The number of aryl methyl sites for hydroxylation is 1. The Kier molecular flexibility index (Phi) is 2.72. The van der Waals surface area contributed by atoms with E-state index in [1.165, 1.54) is 11.3 Å². The van der Waals surface area contributed by atoms with Gasteiger partial charge in [-0.1, -0.05) is 0 Å². The summed E-state index contributed by atoms with van der Waals surface area (Å²) in [6.45, 7) is 1.88. The van der Waals surface area contributed by atoms with Crippen LogP contribution in [0.4, 0.5) is 0 Å². The van der Waals surface area contributed by atoms with E-state index in [1.54, 1.807) is 18.5 Å². The van der Waals surface area contributed by atoms with Crippen molar-refractivity contribution < 1.29 is 14.3 Å². The number of carboxylic acid groups (broad SMARTS) is 1. The largest absolute Gasteiger partial charge is 0.477 e. The average Bonchev–Trinajstić information content (AvgIpc) is 3.07. The number of nitrogens with zero attached hydrogens (tertiary/aromatic N) is 1. The third kappa shape index (κ3) is 2.06. The highest BCUT2D eigenvalue weighted by molar-refractivity contribution is 7.13. The first-order valence-electron chi connectivity index (χ1n) is 5.57. The molecule has 3 rings (SSSR count). The molecule has 0 aromatic carbocycles. The standard InChI is InChI=1S/C13H10N2O3S/c1-7-9(2-3-18-7)12-15-11(6-19-12)8-4-10(13(16)17)14-5-8/h2-6,14H,1H3,(H,16,17). The SMILES string of the molecule is Cc1occc1-c1nc(-c2c[nH]c(C(=O)O)c2)cs1. The zero-order chi connectivity index (χ0) is 13.4. The predicted octanol–water partition coefficient (Wildman–Crippen LogP) is 3.40. The maximum absolute atomic E-state index is 10.8. The van der Waals surface area contributed by atoms with Crippen molar-refractivity contribution >= 4 is 17.3 Å². The number of thiazole rings is 1. The summed E-state index contributed by atoms with van der Waals surface area (Å²) in [5.74, 6) is -0.159. The Balaban J connectivity index is 1.97. The van der Waals surface area contributed by atoms with Gasteiger partial charge < -0.3 is 14.5 Å². The molecule has 2 N–H and O–H groups in total. The predicted molar refractivity (Wildman–Crippen MR) is 71.3 cm³/mol. The molecule has 6 heteroatoms. The molecule has 19 heavy (non-hydrogen) atoms. The smallest absolute Gasteiger partial charge is 0.352 e. The van der Waals surface area contributed by atoms with E-state index in [4.69, 9.17) is 9.52 Å². The summed E-state index contributed by atoms with van der Waals surface area (Å²) >= 11 is 1.50. The van der Waals surface area contributed by atoms with Gasteiger partial charge in [0.05, 0.1) is 17.5 Å². The molecule has 96 valence electrons. The van der Waals surface area contributed by atoms with E-state index < -0.39 is 5.97 Å². The van der Waals surface area contributed by atoms with Crippen molar-refractivity contribution in [2.24, 2.45) is 0 Å². The van der Waals surface area contributed by atoms with E-state index in [0.717, 1.165) is 27.6 Å². The first-order chi connectivity index (χ1) is 9.15. The molecule has 0 aliphatic rings. The van der Waals surface area contributed by atoms with Crippen molar-refractivity contribution in [3.63, 3.8) is 0 Å². The van der Waals surface area contributed by atoms with E-state index >= 15 is 0 Å². The first kappa shape index (κ1) is 11.7. The van der Waals surface area contributed by atoms with Crippen LogP contribution in [-0.2, 0) is 0 Å². The van der Waals surface area contributed by atoms with Crippen molar-refractivity contribution in [2.45, 2.75) is 6.92 Å². The molecule has 3 aromatic rings. The minimum Gasteiger partial charge on any atom is -0.477 e. The van der Waals surface area contributed by atoms with Gasteiger partial charge in [-0.15, -0.1) is 11.3 Å². The molecular weight excluding hydrogens is 264 g/mol. The van der Waals surface area contributed by atoms with Crippen LogP contribution in [-0.4, -0.2) is 21.0 Å². The highest BCUT2D eigenvalue weighted by Crippen LogP contribution is 2.31. The minimum absolute atomic E-state index is 0.157. The van der Waals surface area contributed by atoms with Gasteiger partial charge >= 0.3 is 5.97 Å². The Labute approximate surface area is 112 Å². The van der Waals surface area contributed by atoms with Crippen molar-refractivity contribution in [3.05, 3.63) is 41.4 Å². The Morgan fingerprint density at radius 1 is 1.53 bits per heavy atom. The Morgan fingerprint density at radius 3 is 3.00 bits per heavy atom. The Hall–Kier alpha value is -2.34. The fourth-order valence-electron chi connectivity index (χ4n) is 1.80. The number of carbonyl (C=O) groups is 1. The van der Waals surface area contributed by atoms with Gasteiger partial charge in [0, 0.05) is 17.1 Å². The number of H-pyrrole nitrogens is 1. The highest BCUT2D eigenvalue weighted by Gasteiger charge is 2.13. The molecule has 0 aliphatic carbocycles. The zero-order valence-electron chi connectivity index (χ0n) is 10.0. The third-order valence-corrected chi connectivity index (χ3v) is 3.68. The van der Waals surface area contributed by atoms with Crippen LogP contribution in [0.3, 0.4) is 0 Å². The number of nitrogens with one attached hydrogen (secondary N) is 1. The van der Waals surface area contributed by atoms with E-state index in [-0.39, 0.29) is 5.69 Å². The monoisotopic (exact) mass is 274 g/mol. The minimum atomic E-state index is -0.979. The lowest BCUT2D eigenvalue weighted by atomic mass is 10.2. The summed E-state index contributed by atoms with van der Waals surface area (Å²) in [6, 6.07) is 3.45. The average molecular weight is 274 g/mol. The van der Waals surface area contributed by atoms with E-state index in [9.17, 15) is 4.79 Å². The van der Waals surface area contributed by atoms with Crippen LogP contribution in [0.15, 0.2) is 34.4 Å². The maximum atomic E-state index is 10.8. The lowest BCUT2D eigenvalue weighted by Crippen LogP contribution is -1.94. The lowest BCUT2D eigenvalue weighted by molar-refractivity contribution is 0.0691. The number of rotatable bonds is 3. The topological polar surface area (TPSA) is 79.1 Å². The van der Waals surface area contributed by atoms with Crippen molar-refractivity contribution in [1.82, 2.24) is 9.97 Å². The van der Waals surface area contributed by atoms with Gasteiger partial charge in [0.25, 0.3) is 0 Å². The Bertz CT molecular complexity index is 739. The third-order valence-electron chi connectivity index (χ3n) is 2.80. The van der Waals surface area contributed by atoms with Crippen molar-refractivity contribution in [3.8, 4) is 21.8 Å². The van der Waals surface area contributed by atoms with E-state index in [2.05, 4.69) is 9.97 Å². The van der Waals surface area contributed by atoms with Crippen molar-refractivity contribution in [1.29, 1.82) is 0 Å². The second-order valence-corrected chi connectivity index (χ2v) is 4.89. The number of carboxylic acids is 1. The summed E-state index contributed by atoms with van der Waals surface area (Å²) in [5, 5.41) is 11.6. The van der Waals surface area contributed by atoms with Gasteiger partial charge in [-0.3, -0.25) is 0 Å². The molecule has 0 atom stereocenters. The van der Waals surface area contributed by atoms with Crippen LogP contribution in [0.1, 0.15) is 16.2 Å². The molecule has 0 unspecified atom stereocenters. The van der Waals surface area contributed by atoms with Crippen LogP contribution < -0.4 is 0 Å². The molecular formula is C13H10N2O3S. The zero-order valence-corrected chi connectivity index (χ0v) is 10.8. The number of aromatic amines is 1. The van der Waals surface area contributed by atoms with Crippen LogP contribution in [0.25, 0.3) is 21.8 Å². The Morgan fingerprint density at radius 2 is 2.37 bits per heavy atom. The summed E-state index contributed by atoms with van der Waals surface area (Å²) < 4.78 is 5.25. The molecule has 3 aromatic heterocycles. The lowest BCUT2D eigenvalue weighted by Gasteiger charge is -1.91. The normalized spacial score (nSPS) is 10.8. The highest BCUT2D eigenvalue weighted by atomic mass is 32.1. The number of hydrogen-bond donors (Lipinski definition) is 2. The molecule has 0 radical (unpaired) electrons.